The van der Waals surface area contributed by atoms with Crippen molar-refractivity contribution >= 4 is 29.1 Å². The molecule has 0 atom stereocenters. The number of ether oxygens (including phenoxy) is 1. The highest BCUT2D eigenvalue weighted by molar-refractivity contribution is 6.32. The Morgan fingerprint density at radius 1 is 1.17 bits per heavy atom. The third kappa shape index (κ3) is 11.3. The Labute approximate surface area is 177 Å². The number of benzene rings is 1. The summed E-state index contributed by atoms with van der Waals surface area (Å²) in [5.74, 6) is 2.70. The number of hydroxylamine groups is 1. The predicted molar refractivity (Wildman–Crippen MR) is 114 cm³/mol. The molecule has 0 spiro atoms. The van der Waals surface area contributed by atoms with Crippen molar-refractivity contribution in [1.29, 1.82) is 0 Å². The van der Waals surface area contributed by atoms with Crippen molar-refractivity contribution < 1.29 is 19.5 Å². The van der Waals surface area contributed by atoms with Gasteiger partial charge in [-0.05, 0) is 44.5 Å². The minimum atomic E-state index is -0.386. The zero-order valence-corrected chi connectivity index (χ0v) is 17.6. The Morgan fingerprint density at radius 2 is 1.86 bits per heavy atom. The number of nitrogens with zero attached hydrogens (tertiary/aromatic N) is 1. The molecule has 0 aliphatic heterocycles. The summed E-state index contributed by atoms with van der Waals surface area (Å²) >= 11 is 6.24. The lowest BCUT2D eigenvalue weighted by atomic mass is 10.1. The van der Waals surface area contributed by atoms with Crippen molar-refractivity contribution in [2.24, 2.45) is 0 Å². The van der Waals surface area contributed by atoms with Gasteiger partial charge in [-0.3, -0.25) is 19.7 Å². The molecule has 0 aliphatic carbocycles. The highest BCUT2D eigenvalue weighted by Crippen LogP contribution is 2.28. The predicted octanol–water partition coefficient (Wildman–Crippen LogP) is 3.46. The Bertz CT molecular complexity index is 691. The molecule has 1 rings (SSSR count). The molecule has 7 nitrogen and oxygen atoms in total. The second-order valence-electron chi connectivity index (χ2n) is 6.79. The van der Waals surface area contributed by atoms with E-state index in [1.54, 1.807) is 23.7 Å². The molecule has 0 saturated carbocycles. The van der Waals surface area contributed by atoms with Crippen LogP contribution in [0.25, 0.3) is 0 Å². The number of carbonyl (C=O) groups is 2. The number of hydrogen-bond donors (Lipinski definition) is 3. The molecule has 160 valence electrons. The number of anilines is 1. The van der Waals surface area contributed by atoms with E-state index in [0.29, 0.717) is 42.5 Å². The normalized spacial score (nSPS) is 10.4. The maximum Gasteiger partial charge on any atom is 0.243 e. The molecule has 0 aromatic heterocycles. The summed E-state index contributed by atoms with van der Waals surface area (Å²) in [5.41, 5.74) is 2.23. The van der Waals surface area contributed by atoms with Gasteiger partial charge in [0, 0.05) is 25.1 Å². The molecule has 3 N–H and O–H groups in total. The first-order chi connectivity index (χ1) is 14.0. The maximum absolute atomic E-state index is 12.0. The van der Waals surface area contributed by atoms with E-state index in [-0.39, 0.29) is 18.2 Å². The molecule has 8 heteroatoms. The van der Waals surface area contributed by atoms with Gasteiger partial charge in [0.25, 0.3) is 0 Å². The average Bonchev–Trinajstić information content (AvgIpc) is 2.69. The average molecular weight is 424 g/mol. The zero-order valence-electron chi connectivity index (χ0n) is 16.9. The Morgan fingerprint density at radius 3 is 2.48 bits per heavy atom. The lowest BCUT2D eigenvalue weighted by Gasteiger charge is -2.14. The van der Waals surface area contributed by atoms with Crippen LogP contribution in [0.3, 0.4) is 0 Å². The topological polar surface area (TPSA) is 90.9 Å². The van der Waals surface area contributed by atoms with Crippen LogP contribution in [0.2, 0.25) is 5.02 Å². The quantitative estimate of drug-likeness (QED) is 0.184. The van der Waals surface area contributed by atoms with Gasteiger partial charge in [0.15, 0.2) is 0 Å². The summed E-state index contributed by atoms with van der Waals surface area (Å²) in [7, 11) is 1.96. The van der Waals surface area contributed by atoms with Crippen molar-refractivity contribution in [3.05, 3.63) is 23.2 Å². The van der Waals surface area contributed by atoms with Crippen molar-refractivity contribution in [2.45, 2.75) is 44.9 Å². The number of unbranched alkanes of at least 4 members (excludes halogenated alkanes) is 3. The lowest BCUT2D eigenvalue weighted by Crippen LogP contribution is -2.21. The van der Waals surface area contributed by atoms with Crippen molar-refractivity contribution in [3.63, 3.8) is 0 Å². The molecule has 0 saturated heterocycles. The number of hydrogen-bond acceptors (Lipinski definition) is 5. The van der Waals surface area contributed by atoms with Crippen molar-refractivity contribution in [2.75, 3.05) is 32.1 Å². The first-order valence-electron chi connectivity index (χ1n) is 9.73. The van der Waals surface area contributed by atoms with E-state index in [1.807, 2.05) is 11.9 Å². The summed E-state index contributed by atoms with van der Waals surface area (Å²) < 4.78 is 5.69. The molecule has 0 unspecified atom stereocenters. The van der Waals surface area contributed by atoms with Crippen LogP contribution >= 0.6 is 11.6 Å². The van der Waals surface area contributed by atoms with Gasteiger partial charge in [-0.2, -0.15) is 0 Å². The highest BCUT2D eigenvalue weighted by atomic mass is 35.5. The van der Waals surface area contributed by atoms with E-state index in [1.165, 1.54) is 0 Å². The van der Waals surface area contributed by atoms with E-state index in [9.17, 15) is 9.59 Å². The van der Waals surface area contributed by atoms with Gasteiger partial charge in [0.2, 0.25) is 11.8 Å². The largest absolute Gasteiger partial charge is 0.492 e. The Hall–Kier alpha value is -2.27. The monoisotopic (exact) mass is 423 g/mol. The number of rotatable bonds is 14. The van der Waals surface area contributed by atoms with Crippen LogP contribution in [0.15, 0.2) is 18.2 Å². The first-order valence-corrected chi connectivity index (χ1v) is 10.1. The number of amides is 2. The molecule has 2 amide bonds. The molecule has 1 aromatic rings. The van der Waals surface area contributed by atoms with Crippen LogP contribution in [0.5, 0.6) is 5.75 Å². The molecular weight excluding hydrogens is 394 g/mol. The van der Waals surface area contributed by atoms with E-state index in [4.69, 9.17) is 28.0 Å². The fourth-order valence-corrected chi connectivity index (χ4v) is 2.89. The Balaban J connectivity index is 2.26. The van der Waals surface area contributed by atoms with E-state index < -0.39 is 0 Å². The van der Waals surface area contributed by atoms with Crippen molar-refractivity contribution in [1.82, 2.24) is 10.4 Å². The molecule has 0 bridgehead atoms. The smallest absolute Gasteiger partial charge is 0.243 e. The number of halogens is 1. The number of carbonyl (C=O) groups excluding carboxylic acids is 2. The van der Waals surface area contributed by atoms with Crippen LogP contribution in [0, 0.1) is 12.3 Å². The van der Waals surface area contributed by atoms with E-state index >= 15 is 0 Å². The van der Waals surface area contributed by atoms with E-state index in [2.05, 4.69) is 11.2 Å². The van der Waals surface area contributed by atoms with Gasteiger partial charge in [-0.15, -0.1) is 6.42 Å². The summed E-state index contributed by atoms with van der Waals surface area (Å²) in [5, 5.41) is 11.7. The molecule has 0 aliphatic rings. The third-order valence-corrected chi connectivity index (χ3v) is 4.50. The SMILES string of the molecule is C#CCN(C)CCCOc1ccc(NC(=O)CCCCCCC(=O)NO)cc1Cl. The van der Waals surface area contributed by atoms with E-state index in [0.717, 1.165) is 32.2 Å². The molecular formula is C21H30ClN3O4. The van der Waals surface area contributed by atoms with Gasteiger partial charge >= 0.3 is 0 Å². The fraction of sp³-hybridized carbons (Fsp3) is 0.524. The number of nitrogens with one attached hydrogen (secondary N) is 2. The Kier molecular flexibility index (Phi) is 12.5. The molecule has 29 heavy (non-hydrogen) atoms. The second-order valence-corrected chi connectivity index (χ2v) is 7.19. The van der Waals surface area contributed by atoms with Crippen LogP contribution in [-0.2, 0) is 9.59 Å². The van der Waals surface area contributed by atoms with Gasteiger partial charge in [0.05, 0.1) is 18.2 Å². The standard InChI is InChI=1S/C21H30ClN3O4/c1-3-13-25(2)14-8-15-29-19-12-11-17(16-18(19)22)23-20(26)9-6-4-5-7-10-21(27)24-28/h1,11-12,16,28H,4-10,13-15H2,2H3,(H,23,26)(H,24,27). The number of terminal acetylenes is 1. The van der Waals surface area contributed by atoms with Gasteiger partial charge in [-0.25, -0.2) is 5.48 Å². The van der Waals surface area contributed by atoms with Gasteiger partial charge in [0.1, 0.15) is 5.75 Å². The highest BCUT2D eigenvalue weighted by Gasteiger charge is 2.07. The maximum atomic E-state index is 12.0. The summed E-state index contributed by atoms with van der Waals surface area (Å²) in [6, 6.07) is 5.18. The molecule has 0 heterocycles. The summed E-state index contributed by atoms with van der Waals surface area (Å²) in [6.45, 7) is 1.97. The van der Waals surface area contributed by atoms with Crippen LogP contribution in [0.1, 0.15) is 44.9 Å². The lowest BCUT2D eigenvalue weighted by molar-refractivity contribution is -0.129. The second kappa shape index (κ2) is 14.7. The van der Waals surface area contributed by atoms with Gasteiger partial charge in [-0.1, -0.05) is 30.4 Å². The molecule has 0 radical (unpaired) electrons. The van der Waals surface area contributed by atoms with Crippen LogP contribution < -0.4 is 15.5 Å². The van der Waals surface area contributed by atoms with Crippen LogP contribution in [0.4, 0.5) is 5.69 Å². The van der Waals surface area contributed by atoms with Crippen LogP contribution in [-0.4, -0.2) is 48.7 Å². The summed E-state index contributed by atoms with van der Waals surface area (Å²) in [6.07, 6.45) is 9.87. The summed E-state index contributed by atoms with van der Waals surface area (Å²) in [4.78, 5) is 24.9. The van der Waals surface area contributed by atoms with Crippen molar-refractivity contribution in [3.8, 4) is 18.1 Å². The van der Waals surface area contributed by atoms with Gasteiger partial charge < -0.3 is 10.1 Å². The fourth-order valence-electron chi connectivity index (χ4n) is 2.65. The minimum Gasteiger partial charge on any atom is -0.492 e. The third-order valence-electron chi connectivity index (χ3n) is 4.20. The molecule has 0 fully saturated rings. The first kappa shape index (κ1) is 24.8. The molecule has 1 aromatic carbocycles. The zero-order chi connectivity index (χ0) is 21.5. The minimum absolute atomic E-state index is 0.0839.